The first-order valence-corrected chi connectivity index (χ1v) is 28.5. The first-order valence-electron chi connectivity index (χ1n) is 23.1. The molecule has 1 aliphatic rings. The molecule has 7 atom stereocenters. The van der Waals surface area contributed by atoms with Gasteiger partial charge in [0.1, 0.15) is 36.3 Å². The van der Waals surface area contributed by atoms with Crippen LogP contribution in [0.5, 0.6) is 0 Å². The highest BCUT2D eigenvalue weighted by Gasteiger charge is 2.47. The third kappa shape index (κ3) is 24.0. The average molecular weight is 1080 g/mol. The molecule has 6 N–H and O–H groups in total. The van der Waals surface area contributed by atoms with Gasteiger partial charge in [0.05, 0.1) is 27.4 Å². The molecule has 71 heavy (non-hydrogen) atoms. The second kappa shape index (κ2) is 31.3. The van der Waals surface area contributed by atoms with Crippen LogP contribution in [0.1, 0.15) is 110 Å². The van der Waals surface area contributed by atoms with Crippen molar-refractivity contribution in [2.45, 2.75) is 135 Å². The number of phosphoric ester groups is 3. The Bertz CT molecular complexity index is 2260. The summed E-state index contributed by atoms with van der Waals surface area (Å²) in [5, 5.41) is 26.5. The maximum Gasteiger partial charge on any atom is 0.274 e. The summed E-state index contributed by atoms with van der Waals surface area (Å²) < 4.78 is 60.9. The van der Waals surface area contributed by atoms with Gasteiger partial charge in [-0.15, -0.1) is 0 Å². The van der Waals surface area contributed by atoms with E-state index < -0.39 is 84.6 Å². The van der Waals surface area contributed by atoms with Crippen LogP contribution in [-0.2, 0) is 50.7 Å². The highest BCUT2D eigenvalue weighted by Crippen LogP contribution is 2.56. The number of nitrogens with two attached hydrogens (primary N) is 1. The number of phosphoric acid groups is 3. The summed E-state index contributed by atoms with van der Waals surface area (Å²) in [7, 11) is -17.6. The average Bonchev–Trinajstić information content (AvgIpc) is 3.86. The first-order chi connectivity index (χ1) is 33.6. The van der Waals surface area contributed by atoms with Gasteiger partial charge in [-0.1, -0.05) is 100 Å². The van der Waals surface area contributed by atoms with Gasteiger partial charge < -0.3 is 69.0 Å². The van der Waals surface area contributed by atoms with E-state index in [9.17, 15) is 57.9 Å². The molecule has 1 fully saturated rings. The molecule has 3 heterocycles. The summed E-state index contributed by atoms with van der Waals surface area (Å²) in [6, 6.07) is 0. The summed E-state index contributed by atoms with van der Waals surface area (Å²) in [5.74, 6) is -1.17. The first kappa shape index (κ1) is 61.8. The monoisotopic (exact) mass is 1080 g/mol. The molecule has 2 amide bonds. The van der Waals surface area contributed by atoms with Crippen LogP contribution in [0.2, 0.25) is 0 Å². The van der Waals surface area contributed by atoms with E-state index in [1.165, 1.54) is 33.1 Å². The second-order valence-corrected chi connectivity index (χ2v) is 22.1. The van der Waals surface area contributed by atoms with Crippen molar-refractivity contribution in [3.05, 3.63) is 61.3 Å². The number of hydrogen-bond donors (Lipinski definition) is 5. The van der Waals surface area contributed by atoms with Crippen LogP contribution in [0.15, 0.2) is 61.3 Å². The molecule has 0 radical (unpaired) electrons. The largest absolute Gasteiger partial charge is 0.790 e. The van der Waals surface area contributed by atoms with E-state index >= 15 is 0 Å². The Morgan fingerprint density at radius 2 is 1.49 bits per heavy atom. The minimum Gasteiger partial charge on any atom is -0.790 e. The summed E-state index contributed by atoms with van der Waals surface area (Å²) in [4.78, 5) is 96.9. The fourth-order valence-corrected chi connectivity index (χ4v) is 10.1. The fourth-order valence-electron chi connectivity index (χ4n) is 6.61. The number of imidazole rings is 1. The summed E-state index contributed by atoms with van der Waals surface area (Å²) in [5.41, 5.74) is 4.08. The van der Waals surface area contributed by atoms with E-state index in [-0.39, 0.29) is 41.6 Å². The molecule has 1 saturated heterocycles. The van der Waals surface area contributed by atoms with Crippen LogP contribution in [0.4, 0.5) is 5.82 Å². The Morgan fingerprint density at radius 3 is 2.13 bits per heavy atom. The molecule has 2 aromatic rings. The van der Waals surface area contributed by atoms with Crippen LogP contribution in [0, 0.1) is 5.41 Å². The summed E-state index contributed by atoms with van der Waals surface area (Å²) >= 11 is 1.12. The Kier molecular flexibility index (Phi) is 27.3. The number of nitrogens with one attached hydrogen (secondary N) is 2. The predicted molar refractivity (Wildman–Crippen MR) is 256 cm³/mol. The molecule has 2 unspecified atom stereocenters. The lowest BCUT2D eigenvalue weighted by molar-refractivity contribution is -0.347. The maximum absolute atomic E-state index is 12.7. The molecule has 3 rings (SSSR count). The van der Waals surface area contributed by atoms with Gasteiger partial charge >= 0.3 is 0 Å². The molecule has 0 spiro atoms. The lowest BCUT2D eigenvalue weighted by atomic mass is 9.87. The zero-order valence-corrected chi connectivity index (χ0v) is 43.5. The number of carbonyl (C=O) groups excluding carboxylic acids is 3. The van der Waals surface area contributed by atoms with Gasteiger partial charge in [-0.2, -0.15) is 0 Å². The van der Waals surface area contributed by atoms with E-state index in [0.29, 0.717) is 12.2 Å². The van der Waals surface area contributed by atoms with Crippen LogP contribution in [0.25, 0.3) is 11.2 Å². The normalized spacial score (nSPS) is 20.1. The van der Waals surface area contributed by atoms with E-state index in [1.54, 1.807) is 0 Å². The zero-order valence-electron chi connectivity index (χ0n) is 40.0. The minimum atomic E-state index is -5.92. The van der Waals surface area contributed by atoms with Crippen molar-refractivity contribution in [2.75, 3.05) is 37.8 Å². The Morgan fingerprint density at radius 1 is 0.873 bits per heavy atom. The van der Waals surface area contributed by atoms with Gasteiger partial charge in [-0.25, -0.2) is 19.3 Å². The van der Waals surface area contributed by atoms with Gasteiger partial charge in [0.15, 0.2) is 22.8 Å². The number of thioether (sulfide) groups is 1. The van der Waals surface area contributed by atoms with Crippen molar-refractivity contribution in [3.63, 3.8) is 0 Å². The van der Waals surface area contributed by atoms with Crippen LogP contribution >= 0.6 is 35.2 Å². The van der Waals surface area contributed by atoms with Crippen molar-refractivity contribution in [1.82, 2.24) is 30.2 Å². The molecule has 0 bridgehead atoms. The highest BCUT2D eigenvalue weighted by atomic mass is 32.2. The number of aliphatic hydroxyl groups is 2. The van der Waals surface area contributed by atoms with Crippen molar-refractivity contribution in [3.8, 4) is 0 Å². The summed E-state index contributed by atoms with van der Waals surface area (Å²) in [6.07, 6.45) is 21.7. The minimum absolute atomic E-state index is 0.0208. The number of unbranched alkanes of at least 4 members (excludes halogenated alkanes) is 6. The number of fused-ring (bicyclic) bond motifs is 1. The van der Waals surface area contributed by atoms with Gasteiger partial charge in [0.25, 0.3) is 15.6 Å². The van der Waals surface area contributed by atoms with Gasteiger partial charge in [-0.3, -0.25) is 28.1 Å². The Hall–Kier alpha value is -3.48. The van der Waals surface area contributed by atoms with E-state index in [0.717, 1.165) is 80.4 Å². The lowest BCUT2D eigenvalue weighted by Gasteiger charge is -2.36. The molecule has 0 aliphatic carbocycles. The predicted octanol–water partition coefficient (Wildman–Crippen LogP) is 3.06. The fraction of sp³-hybridized carbons (Fsp3) is 0.628. The molecule has 24 nitrogen and oxygen atoms in total. The molecule has 400 valence electrons. The number of anilines is 1. The number of carbonyl (C=O) groups is 3. The van der Waals surface area contributed by atoms with E-state index in [2.05, 4.69) is 99.0 Å². The highest BCUT2D eigenvalue weighted by molar-refractivity contribution is 8.13. The van der Waals surface area contributed by atoms with Crippen LogP contribution in [-0.4, -0.2) is 103 Å². The number of nitrogen functional groups attached to an aromatic ring is 1. The third-order valence-corrected chi connectivity index (χ3v) is 14.4. The number of allylic oxidation sites excluding steroid dienone is 8. The molecule has 1 aliphatic heterocycles. The van der Waals surface area contributed by atoms with Gasteiger partial charge in [0, 0.05) is 37.1 Å². The van der Waals surface area contributed by atoms with E-state index in [1.807, 2.05) is 0 Å². The number of ether oxygens (including phenoxy) is 1. The van der Waals surface area contributed by atoms with Crippen LogP contribution in [0.3, 0.4) is 0 Å². The number of amides is 2. The SMILES string of the molecule is CCCCC/C=C\C/C=C\C/C=C\C/C=C\CCCCCC(=O)SCCNC(=O)CCNC(=O)[C@H](O)C(C)(C)COP(=O)([O-])OP(=O)([O-])OC[C@H]1O[C@@H](n2cnc3c(N)ncnc32)[C@H](O)[C@@H]1OP(=O)([O-])[O-]. The number of aliphatic hydroxyl groups excluding tert-OH is 2. The molecule has 2 aromatic heterocycles. The Balaban J connectivity index is 1.28. The van der Waals surface area contributed by atoms with Gasteiger partial charge in [-0.05, 0) is 51.4 Å². The molecular formula is C43H66N7O17P3S-4. The van der Waals surface area contributed by atoms with E-state index in [4.69, 9.17) is 10.5 Å². The zero-order chi connectivity index (χ0) is 52.5. The molecular weight excluding hydrogens is 1010 g/mol. The van der Waals surface area contributed by atoms with Gasteiger partial charge in [0.2, 0.25) is 11.8 Å². The van der Waals surface area contributed by atoms with Crippen LogP contribution < -0.4 is 35.9 Å². The Labute approximate surface area is 417 Å². The quantitative estimate of drug-likeness (QED) is 0.0376. The van der Waals surface area contributed by atoms with Crippen molar-refractivity contribution in [1.29, 1.82) is 0 Å². The third-order valence-electron chi connectivity index (χ3n) is 10.4. The van der Waals surface area contributed by atoms with Crippen molar-refractivity contribution < 1.29 is 80.5 Å². The topological polar surface area (TPSA) is 375 Å². The van der Waals surface area contributed by atoms with Crippen molar-refractivity contribution in [2.24, 2.45) is 5.41 Å². The summed E-state index contributed by atoms with van der Waals surface area (Å²) in [6.45, 7) is 2.34. The van der Waals surface area contributed by atoms with Crippen molar-refractivity contribution >= 4 is 69.1 Å². The lowest BCUT2D eigenvalue weighted by Crippen LogP contribution is -2.46. The number of aromatic nitrogens is 4. The molecule has 0 saturated carbocycles. The molecule has 0 aromatic carbocycles. The second-order valence-electron chi connectivity index (χ2n) is 16.9. The number of nitrogens with zero attached hydrogens (tertiary/aromatic N) is 4. The standard InChI is InChI=1S/C43H70N7O17P3S/c1-4-5-6-7-8-9-10-11-12-13-14-15-16-17-18-19-20-21-22-23-34(52)71-27-26-45-33(51)24-25-46-41(55)38(54)43(2,3)29-64-70(61,62)67-69(59,60)63-28-32-37(66-68(56,57)58)36(53)42(65-32)50-31-49-35-39(44)47-30-48-40(35)50/h8-9,11-12,14-15,17-18,30-32,36-38,42,53-54H,4-7,10,13,16,19-29H2,1-3H3,(H,45,51)(H,46,55)(H,59,60)(H,61,62)(H2,44,47,48)(H2,56,57,58)/p-4/b9-8-,12-11-,15-14-,18-17-/t32-,36-,37-,38+,42-/m1/s1. The number of hydrogen-bond acceptors (Lipinski definition) is 22. The maximum atomic E-state index is 12.7. The smallest absolute Gasteiger partial charge is 0.274 e. The molecule has 28 heteroatoms. The number of rotatable bonds is 35.